The Kier molecular flexibility index (Phi) is 5.10. The Balaban J connectivity index is 1.51. The van der Waals surface area contributed by atoms with Crippen LogP contribution in [0.2, 0.25) is 0 Å². The molecule has 7 heteroatoms. The molecular formula is C23H22N4O3. The minimum atomic E-state index is -0.219. The van der Waals surface area contributed by atoms with E-state index in [0.717, 1.165) is 28.4 Å². The molecular weight excluding hydrogens is 380 g/mol. The fourth-order valence-corrected chi connectivity index (χ4v) is 3.39. The number of carbonyl (C=O) groups is 1. The summed E-state index contributed by atoms with van der Waals surface area (Å²) < 4.78 is 7.42. The van der Waals surface area contributed by atoms with E-state index < -0.39 is 0 Å². The normalized spacial score (nSPS) is 10.9. The molecule has 0 aliphatic heterocycles. The number of amides is 1. The van der Waals surface area contributed by atoms with E-state index in [1.165, 1.54) is 6.07 Å². The van der Waals surface area contributed by atoms with Crippen LogP contribution in [0.1, 0.15) is 17.0 Å². The topological polar surface area (TPSA) is 79.7 Å². The third-order valence-electron chi connectivity index (χ3n) is 5.11. The molecule has 0 saturated carbocycles. The van der Waals surface area contributed by atoms with Crippen molar-refractivity contribution in [3.05, 3.63) is 88.0 Å². The number of nitrogens with one attached hydrogen (secondary N) is 1. The summed E-state index contributed by atoms with van der Waals surface area (Å²) in [4.78, 5) is 30.6. The summed E-state index contributed by atoms with van der Waals surface area (Å²) in [5.74, 6) is 1.38. The van der Waals surface area contributed by atoms with Gasteiger partial charge in [-0.2, -0.15) is 0 Å². The summed E-state index contributed by atoms with van der Waals surface area (Å²) >= 11 is 0. The van der Waals surface area contributed by atoms with E-state index in [-0.39, 0.29) is 17.9 Å². The van der Waals surface area contributed by atoms with E-state index in [9.17, 15) is 9.59 Å². The Morgan fingerprint density at radius 2 is 1.73 bits per heavy atom. The zero-order valence-corrected chi connectivity index (χ0v) is 17.0. The van der Waals surface area contributed by atoms with Crippen LogP contribution < -0.4 is 15.2 Å². The highest BCUT2D eigenvalue weighted by Crippen LogP contribution is 2.24. The fraction of sp³-hybridized carbons (Fsp3) is 0.174. The second kappa shape index (κ2) is 7.87. The second-order valence-corrected chi connectivity index (χ2v) is 7.11. The van der Waals surface area contributed by atoms with Gasteiger partial charge in [-0.15, -0.1) is 0 Å². The van der Waals surface area contributed by atoms with E-state index in [2.05, 4.69) is 10.1 Å². The lowest BCUT2D eigenvalue weighted by Crippen LogP contribution is -2.28. The molecule has 7 nitrogen and oxygen atoms in total. The summed E-state index contributed by atoms with van der Waals surface area (Å²) in [6.07, 6.45) is 0.180. The quantitative estimate of drug-likeness (QED) is 0.553. The molecule has 0 aliphatic carbocycles. The van der Waals surface area contributed by atoms with Crippen molar-refractivity contribution in [1.29, 1.82) is 0 Å². The summed E-state index contributed by atoms with van der Waals surface area (Å²) in [5, 5.41) is 2.71. The van der Waals surface area contributed by atoms with Gasteiger partial charge < -0.3 is 9.64 Å². The van der Waals surface area contributed by atoms with E-state index in [0.29, 0.717) is 11.4 Å². The standard InChI is InChI=1S/C23H22N4O3/c1-15-20(16(2)27-21(24-15)14-22(28)25-27)13-23(29)26(3)17-9-11-19(12-10-17)30-18-7-5-4-6-8-18/h4-12,14H,13H2,1-3H3,(H,25,28). The maximum atomic E-state index is 12.9. The van der Waals surface area contributed by atoms with Crippen LogP contribution in [0.3, 0.4) is 0 Å². The number of rotatable bonds is 5. The number of carbonyl (C=O) groups excluding carboxylic acids is 1. The number of aromatic amines is 1. The number of benzene rings is 2. The third kappa shape index (κ3) is 3.82. The monoisotopic (exact) mass is 402 g/mol. The number of ether oxygens (including phenoxy) is 1. The molecule has 2 aromatic carbocycles. The van der Waals surface area contributed by atoms with Crippen LogP contribution in [0.25, 0.3) is 5.65 Å². The Morgan fingerprint density at radius 1 is 1.07 bits per heavy atom. The number of hydrogen-bond acceptors (Lipinski definition) is 4. The number of para-hydroxylation sites is 1. The van der Waals surface area contributed by atoms with E-state index in [4.69, 9.17) is 4.74 Å². The molecule has 2 heterocycles. The minimum absolute atomic E-state index is 0.0754. The average molecular weight is 402 g/mol. The number of aryl methyl sites for hydroxylation is 2. The lowest BCUT2D eigenvalue weighted by atomic mass is 10.1. The molecule has 0 unspecified atom stereocenters. The summed E-state index contributed by atoms with van der Waals surface area (Å²) in [6.45, 7) is 3.72. The lowest BCUT2D eigenvalue weighted by molar-refractivity contribution is -0.117. The van der Waals surface area contributed by atoms with Gasteiger partial charge in [-0.25, -0.2) is 9.50 Å². The minimum Gasteiger partial charge on any atom is -0.457 e. The zero-order chi connectivity index (χ0) is 21.3. The van der Waals surface area contributed by atoms with Crippen LogP contribution in [0.4, 0.5) is 5.69 Å². The van der Waals surface area contributed by atoms with Crippen molar-refractivity contribution in [3.8, 4) is 11.5 Å². The highest BCUT2D eigenvalue weighted by Gasteiger charge is 2.17. The number of anilines is 1. The zero-order valence-electron chi connectivity index (χ0n) is 17.0. The molecule has 1 N–H and O–H groups in total. The smallest absolute Gasteiger partial charge is 0.266 e. The van der Waals surface area contributed by atoms with Crippen molar-refractivity contribution in [1.82, 2.24) is 14.6 Å². The molecule has 0 spiro atoms. The SMILES string of the molecule is Cc1nc2cc(=O)[nH]n2c(C)c1CC(=O)N(C)c1ccc(Oc2ccccc2)cc1. The molecule has 152 valence electrons. The van der Waals surface area contributed by atoms with Crippen LogP contribution in [-0.2, 0) is 11.2 Å². The predicted molar refractivity (Wildman–Crippen MR) is 115 cm³/mol. The summed E-state index contributed by atoms with van der Waals surface area (Å²) in [6, 6.07) is 18.3. The van der Waals surface area contributed by atoms with Gasteiger partial charge in [0.05, 0.1) is 6.42 Å². The molecule has 4 aromatic rings. The van der Waals surface area contributed by atoms with Gasteiger partial charge in [0.15, 0.2) is 5.65 Å². The third-order valence-corrected chi connectivity index (χ3v) is 5.11. The highest BCUT2D eigenvalue weighted by atomic mass is 16.5. The highest BCUT2D eigenvalue weighted by molar-refractivity contribution is 5.94. The molecule has 1 amide bonds. The van der Waals surface area contributed by atoms with Gasteiger partial charge in [-0.3, -0.25) is 14.7 Å². The van der Waals surface area contributed by atoms with Crippen LogP contribution >= 0.6 is 0 Å². The van der Waals surface area contributed by atoms with E-state index in [1.54, 1.807) is 16.5 Å². The average Bonchev–Trinajstić information content (AvgIpc) is 3.12. The van der Waals surface area contributed by atoms with Gasteiger partial charge in [0, 0.05) is 35.8 Å². The summed E-state index contributed by atoms with van der Waals surface area (Å²) in [7, 11) is 1.74. The number of hydrogen-bond donors (Lipinski definition) is 1. The molecule has 0 fully saturated rings. The maximum absolute atomic E-state index is 12.9. The Hall–Kier alpha value is -3.87. The Labute approximate surface area is 173 Å². The van der Waals surface area contributed by atoms with Crippen molar-refractivity contribution in [3.63, 3.8) is 0 Å². The van der Waals surface area contributed by atoms with E-state index >= 15 is 0 Å². The van der Waals surface area contributed by atoms with Crippen molar-refractivity contribution < 1.29 is 9.53 Å². The first-order valence-electron chi connectivity index (χ1n) is 9.60. The molecule has 0 radical (unpaired) electrons. The lowest BCUT2D eigenvalue weighted by Gasteiger charge is -2.19. The number of fused-ring (bicyclic) bond motifs is 1. The van der Waals surface area contributed by atoms with Crippen molar-refractivity contribution in [2.24, 2.45) is 0 Å². The first-order chi connectivity index (χ1) is 14.4. The van der Waals surface area contributed by atoms with Crippen molar-refractivity contribution >= 4 is 17.2 Å². The largest absolute Gasteiger partial charge is 0.457 e. The first kappa shape index (κ1) is 19.4. The van der Waals surface area contributed by atoms with Crippen LogP contribution in [-0.4, -0.2) is 27.6 Å². The van der Waals surface area contributed by atoms with Crippen LogP contribution in [0, 0.1) is 13.8 Å². The second-order valence-electron chi connectivity index (χ2n) is 7.11. The van der Waals surface area contributed by atoms with Crippen LogP contribution in [0.15, 0.2) is 65.5 Å². The van der Waals surface area contributed by atoms with Gasteiger partial charge in [0.2, 0.25) is 5.91 Å². The van der Waals surface area contributed by atoms with Gasteiger partial charge in [-0.05, 0) is 50.2 Å². The number of aromatic nitrogens is 3. The molecule has 0 bridgehead atoms. The number of likely N-dealkylation sites (N-methyl/N-ethyl adjacent to an activating group) is 1. The fourth-order valence-electron chi connectivity index (χ4n) is 3.39. The van der Waals surface area contributed by atoms with Crippen molar-refractivity contribution in [2.45, 2.75) is 20.3 Å². The molecule has 4 rings (SSSR count). The Bertz CT molecular complexity index is 1260. The molecule has 30 heavy (non-hydrogen) atoms. The number of nitrogens with zero attached hydrogens (tertiary/aromatic N) is 3. The van der Waals surface area contributed by atoms with E-state index in [1.807, 2.05) is 68.4 Å². The molecule has 0 aliphatic rings. The van der Waals surface area contributed by atoms with Crippen molar-refractivity contribution in [2.75, 3.05) is 11.9 Å². The molecule has 0 atom stereocenters. The van der Waals surface area contributed by atoms with Gasteiger partial charge in [0.1, 0.15) is 11.5 Å². The number of H-pyrrole nitrogens is 1. The first-order valence-corrected chi connectivity index (χ1v) is 9.60. The van der Waals surface area contributed by atoms with Crippen LogP contribution in [0.5, 0.6) is 11.5 Å². The maximum Gasteiger partial charge on any atom is 0.266 e. The molecule has 2 aromatic heterocycles. The van der Waals surface area contributed by atoms with Gasteiger partial charge >= 0.3 is 0 Å². The summed E-state index contributed by atoms with van der Waals surface area (Å²) in [5.41, 5.74) is 3.43. The van der Waals surface area contributed by atoms with Gasteiger partial charge in [0.25, 0.3) is 5.56 Å². The van der Waals surface area contributed by atoms with Gasteiger partial charge in [-0.1, -0.05) is 18.2 Å². The molecule has 0 saturated heterocycles. The Morgan fingerprint density at radius 3 is 2.43 bits per heavy atom. The predicted octanol–water partition coefficient (Wildman–Crippen LogP) is 3.64.